The van der Waals surface area contributed by atoms with Crippen LogP contribution in [0.4, 0.5) is 0 Å². The highest BCUT2D eigenvalue weighted by Crippen LogP contribution is 2.27. The van der Waals surface area contributed by atoms with Crippen LogP contribution in [-0.2, 0) is 4.79 Å². The first-order valence-electron chi connectivity index (χ1n) is 9.17. The second-order valence-electron chi connectivity index (χ2n) is 6.66. The summed E-state index contributed by atoms with van der Waals surface area (Å²) < 4.78 is 0. The molecule has 0 spiro atoms. The minimum atomic E-state index is -0.835. The molecule has 4 nitrogen and oxygen atoms in total. The third-order valence-electron chi connectivity index (χ3n) is 4.49. The number of aliphatic hydroxyl groups excluding tert-OH is 2. The molecule has 1 saturated carbocycles. The summed E-state index contributed by atoms with van der Waals surface area (Å²) in [5.74, 6) is -0.0406. The summed E-state index contributed by atoms with van der Waals surface area (Å²) in [5, 5.41) is 28.1. The number of aliphatic hydroxyl groups is 2. The van der Waals surface area contributed by atoms with Crippen LogP contribution in [0.1, 0.15) is 64.2 Å². The van der Waals surface area contributed by atoms with Crippen molar-refractivity contribution in [3.05, 3.63) is 36.5 Å². The Balaban J connectivity index is 2.11. The molecule has 0 heterocycles. The first-order chi connectivity index (χ1) is 11.6. The van der Waals surface area contributed by atoms with Gasteiger partial charge in [-0.25, -0.2) is 0 Å². The second kappa shape index (κ2) is 13.0. The zero-order valence-electron chi connectivity index (χ0n) is 14.5. The molecule has 136 valence electrons. The zero-order valence-corrected chi connectivity index (χ0v) is 14.5. The molecule has 1 fully saturated rings. The fourth-order valence-electron chi connectivity index (χ4n) is 3.05. The Morgan fingerprint density at radius 3 is 2.08 bits per heavy atom. The van der Waals surface area contributed by atoms with Crippen LogP contribution in [0.3, 0.4) is 0 Å². The van der Waals surface area contributed by atoms with E-state index in [0.717, 1.165) is 18.8 Å². The van der Waals surface area contributed by atoms with Crippen molar-refractivity contribution in [1.29, 1.82) is 0 Å². The van der Waals surface area contributed by atoms with Gasteiger partial charge in [-0.1, -0.05) is 68.6 Å². The average molecular weight is 336 g/mol. The summed E-state index contributed by atoms with van der Waals surface area (Å²) in [6.07, 6.45) is 19.3. The van der Waals surface area contributed by atoms with E-state index < -0.39 is 12.1 Å². The van der Waals surface area contributed by atoms with E-state index in [2.05, 4.69) is 0 Å². The monoisotopic (exact) mass is 336 g/mol. The highest BCUT2D eigenvalue weighted by Gasteiger charge is 2.13. The molecule has 1 aliphatic rings. The Bertz CT molecular complexity index is 419. The number of carboxylic acid groups (broad SMARTS) is 1. The standard InChI is InChI=1S/C20H32O4/c21-18(13-8-14-20(23)24)11-6-1-2-7-12-19(22)16-15-17-9-4-3-5-10-17/h1-2,6-7,11-12,17-19,21-22H,3-5,8-10,13-16H2,(H,23,24)/b2-1+,11-6-,12-7+/t18-,19+/m1/s1. The maximum Gasteiger partial charge on any atom is 0.303 e. The average Bonchev–Trinajstić information content (AvgIpc) is 2.56. The Morgan fingerprint density at radius 2 is 1.50 bits per heavy atom. The third kappa shape index (κ3) is 11.2. The Morgan fingerprint density at radius 1 is 0.917 bits per heavy atom. The highest BCUT2D eigenvalue weighted by atomic mass is 16.4. The van der Waals surface area contributed by atoms with Gasteiger partial charge in [0.15, 0.2) is 0 Å². The summed E-state index contributed by atoms with van der Waals surface area (Å²) in [4.78, 5) is 10.4. The van der Waals surface area contributed by atoms with E-state index in [-0.39, 0.29) is 12.5 Å². The van der Waals surface area contributed by atoms with Gasteiger partial charge in [0.1, 0.15) is 0 Å². The quantitative estimate of drug-likeness (QED) is 0.499. The summed E-state index contributed by atoms with van der Waals surface area (Å²) >= 11 is 0. The van der Waals surface area contributed by atoms with Crippen LogP contribution in [0.25, 0.3) is 0 Å². The van der Waals surface area contributed by atoms with Gasteiger partial charge in [-0.2, -0.15) is 0 Å². The lowest BCUT2D eigenvalue weighted by Gasteiger charge is -2.21. The Kier molecular flexibility index (Phi) is 11.2. The van der Waals surface area contributed by atoms with Crippen LogP contribution in [0.5, 0.6) is 0 Å². The topological polar surface area (TPSA) is 77.8 Å². The molecule has 2 atom stereocenters. The Hall–Kier alpha value is -1.39. The molecule has 0 aliphatic heterocycles. The van der Waals surface area contributed by atoms with E-state index in [1.165, 1.54) is 32.1 Å². The van der Waals surface area contributed by atoms with Crippen molar-refractivity contribution in [3.8, 4) is 0 Å². The maximum absolute atomic E-state index is 10.4. The van der Waals surface area contributed by atoms with Gasteiger partial charge in [0.2, 0.25) is 0 Å². The minimum absolute atomic E-state index is 0.0855. The van der Waals surface area contributed by atoms with Gasteiger partial charge in [-0.15, -0.1) is 0 Å². The van der Waals surface area contributed by atoms with Crippen molar-refractivity contribution in [3.63, 3.8) is 0 Å². The molecule has 0 aromatic rings. The minimum Gasteiger partial charge on any atom is -0.481 e. The van der Waals surface area contributed by atoms with Crippen LogP contribution in [0.2, 0.25) is 0 Å². The molecule has 4 heteroatoms. The van der Waals surface area contributed by atoms with Crippen LogP contribution in [-0.4, -0.2) is 33.5 Å². The van der Waals surface area contributed by atoms with Gasteiger partial charge in [0, 0.05) is 6.42 Å². The van der Waals surface area contributed by atoms with E-state index in [1.54, 1.807) is 24.3 Å². The van der Waals surface area contributed by atoms with Crippen molar-refractivity contribution in [2.45, 2.75) is 76.4 Å². The lowest BCUT2D eigenvalue weighted by Crippen LogP contribution is -2.10. The van der Waals surface area contributed by atoms with E-state index in [4.69, 9.17) is 5.11 Å². The normalized spacial score (nSPS) is 19.4. The van der Waals surface area contributed by atoms with Crippen molar-refractivity contribution in [2.24, 2.45) is 5.92 Å². The van der Waals surface area contributed by atoms with E-state index in [1.807, 2.05) is 12.2 Å². The molecule has 0 bridgehead atoms. The first-order valence-corrected chi connectivity index (χ1v) is 9.17. The lowest BCUT2D eigenvalue weighted by atomic mass is 9.85. The Labute approximate surface area is 145 Å². The van der Waals surface area contributed by atoms with Crippen molar-refractivity contribution < 1.29 is 20.1 Å². The molecule has 1 aliphatic carbocycles. The second-order valence-corrected chi connectivity index (χ2v) is 6.66. The number of hydrogen-bond acceptors (Lipinski definition) is 3. The molecule has 24 heavy (non-hydrogen) atoms. The summed E-state index contributed by atoms with van der Waals surface area (Å²) in [6.45, 7) is 0. The highest BCUT2D eigenvalue weighted by molar-refractivity contribution is 5.66. The number of aliphatic carboxylic acids is 1. The molecule has 1 rings (SSSR count). The summed E-state index contributed by atoms with van der Waals surface area (Å²) in [6, 6.07) is 0. The van der Waals surface area contributed by atoms with Gasteiger partial charge in [0.25, 0.3) is 0 Å². The van der Waals surface area contributed by atoms with Gasteiger partial charge >= 0.3 is 5.97 Å². The summed E-state index contributed by atoms with van der Waals surface area (Å²) in [7, 11) is 0. The van der Waals surface area contributed by atoms with Crippen LogP contribution >= 0.6 is 0 Å². The predicted octanol–water partition coefficient (Wildman–Crippen LogP) is 3.99. The number of allylic oxidation sites excluding steroid dienone is 4. The van der Waals surface area contributed by atoms with Gasteiger partial charge in [0.05, 0.1) is 12.2 Å². The molecule has 0 amide bonds. The SMILES string of the molecule is O=C(O)CCC[C@H](O)\C=C/C=C/C=C/[C@H](O)CCC1CCCCC1. The molecule has 0 aromatic carbocycles. The molecule has 0 radical (unpaired) electrons. The molecule has 0 saturated heterocycles. The van der Waals surface area contributed by atoms with E-state index in [0.29, 0.717) is 12.8 Å². The molecular weight excluding hydrogens is 304 g/mol. The van der Waals surface area contributed by atoms with Gasteiger partial charge < -0.3 is 15.3 Å². The first kappa shape index (κ1) is 20.7. The van der Waals surface area contributed by atoms with E-state index >= 15 is 0 Å². The van der Waals surface area contributed by atoms with Crippen LogP contribution in [0, 0.1) is 5.92 Å². The molecule has 0 aromatic heterocycles. The van der Waals surface area contributed by atoms with Gasteiger partial charge in [-0.3, -0.25) is 4.79 Å². The molecule has 0 unspecified atom stereocenters. The molecular formula is C20H32O4. The van der Waals surface area contributed by atoms with Crippen molar-refractivity contribution >= 4 is 5.97 Å². The largest absolute Gasteiger partial charge is 0.481 e. The third-order valence-corrected chi connectivity index (χ3v) is 4.49. The fraction of sp³-hybridized carbons (Fsp3) is 0.650. The smallest absolute Gasteiger partial charge is 0.303 e. The number of rotatable bonds is 11. The maximum atomic E-state index is 10.4. The number of carbonyl (C=O) groups is 1. The zero-order chi connectivity index (χ0) is 17.6. The fourth-order valence-corrected chi connectivity index (χ4v) is 3.05. The number of carboxylic acids is 1. The van der Waals surface area contributed by atoms with E-state index in [9.17, 15) is 15.0 Å². The molecule has 3 N–H and O–H groups in total. The predicted molar refractivity (Wildman–Crippen MR) is 96.7 cm³/mol. The van der Waals surface area contributed by atoms with Crippen LogP contribution in [0.15, 0.2) is 36.5 Å². The number of hydrogen-bond donors (Lipinski definition) is 3. The van der Waals surface area contributed by atoms with Crippen molar-refractivity contribution in [2.75, 3.05) is 0 Å². The lowest BCUT2D eigenvalue weighted by molar-refractivity contribution is -0.137. The van der Waals surface area contributed by atoms with Crippen LogP contribution < -0.4 is 0 Å². The van der Waals surface area contributed by atoms with Crippen molar-refractivity contribution in [1.82, 2.24) is 0 Å². The summed E-state index contributed by atoms with van der Waals surface area (Å²) in [5.41, 5.74) is 0. The van der Waals surface area contributed by atoms with Gasteiger partial charge in [-0.05, 0) is 31.6 Å².